The van der Waals surface area contributed by atoms with Gasteiger partial charge in [-0.25, -0.2) is 0 Å². The molecule has 0 saturated carbocycles. The lowest BCUT2D eigenvalue weighted by Crippen LogP contribution is -2.46. The second-order valence-corrected chi connectivity index (χ2v) is 8.38. The van der Waals surface area contributed by atoms with Crippen molar-refractivity contribution in [2.75, 3.05) is 57.8 Å². The van der Waals surface area contributed by atoms with E-state index < -0.39 is 0 Å². The van der Waals surface area contributed by atoms with Crippen LogP contribution in [0.25, 0.3) is 0 Å². The zero-order chi connectivity index (χ0) is 21.3. The van der Waals surface area contributed by atoms with Crippen LogP contribution in [-0.2, 0) is 4.74 Å². The number of ether oxygens (including phenoxy) is 2. The monoisotopic (exact) mass is 417 g/mol. The molecular formula is C23H39N5O2. The molecule has 2 saturated heterocycles. The predicted octanol–water partition coefficient (Wildman–Crippen LogP) is 2.33. The molecule has 2 fully saturated rings. The van der Waals surface area contributed by atoms with Gasteiger partial charge in [0.15, 0.2) is 5.96 Å². The second kappa shape index (κ2) is 11.4. The summed E-state index contributed by atoms with van der Waals surface area (Å²) in [5.74, 6) is 1.86. The van der Waals surface area contributed by atoms with Crippen LogP contribution in [0.4, 0.5) is 5.69 Å². The molecule has 0 aromatic heterocycles. The Balaban J connectivity index is 1.47. The van der Waals surface area contributed by atoms with Gasteiger partial charge in [0.2, 0.25) is 0 Å². The van der Waals surface area contributed by atoms with Crippen LogP contribution >= 0.6 is 0 Å². The van der Waals surface area contributed by atoms with Crippen molar-refractivity contribution in [1.82, 2.24) is 15.5 Å². The van der Waals surface area contributed by atoms with E-state index in [1.807, 2.05) is 12.1 Å². The standard InChI is InChI=1S/C23H39N5O2/c1-5-24-23(25-12-8-13-27-15-18(2)30-19(3)16-27)26-20-11-14-28(17-20)21-9-6-7-10-22(21)29-4/h6-7,9-10,18-20H,5,8,11-17H2,1-4H3,(H2,24,25,26). The second-order valence-electron chi connectivity index (χ2n) is 8.38. The summed E-state index contributed by atoms with van der Waals surface area (Å²) < 4.78 is 11.4. The fraction of sp³-hybridized carbons (Fsp3) is 0.696. The first-order valence-electron chi connectivity index (χ1n) is 11.4. The molecule has 168 valence electrons. The van der Waals surface area contributed by atoms with Gasteiger partial charge in [-0.05, 0) is 45.7 Å². The van der Waals surface area contributed by atoms with Crippen LogP contribution in [0.2, 0.25) is 0 Å². The van der Waals surface area contributed by atoms with Crippen molar-refractivity contribution in [3.05, 3.63) is 24.3 Å². The summed E-state index contributed by atoms with van der Waals surface area (Å²) >= 11 is 0. The van der Waals surface area contributed by atoms with Crippen LogP contribution in [0, 0.1) is 0 Å². The summed E-state index contributed by atoms with van der Waals surface area (Å²) in [6.07, 6.45) is 2.80. The molecule has 30 heavy (non-hydrogen) atoms. The molecule has 2 aliphatic heterocycles. The van der Waals surface area contributed by atoms with E-state index in [2.05, 4.69) is 53.3 Å². The third-order valence-electron chi connectivity index (χ3n) is 5.70. The van der Waals surface area contributed by atoms with Crippen molar-refractivity contribution < 1.29 is 9.47 Å². The fourth-order valence-electron chi connectivity index (χ4n) is 4.45. The van der Waals surface area contributed by atoms with E-state index in [-0.39, 0.29) is 0 Å². The Bertz CT molecular complexity index is 673. The van der Waals surface area contributed by atoms with Crippen molar-refractivity contribution in [1.29, 1.82) is 0 Å². The zero-order valence-corrected chi connectivity index (χ0v) is 19.1. The van der Waals surface area contributed by atoms with Crippen LogP contribution in [0.3, 0.4) is 0 Å². The maximum absolute atomic E-state index is 5.82. The van der Waals surface area contributed by atoms with Crippen LogP contribution in [0.5, 0.6) is 5.75 Å². The van der Waals surface area contributed by atoms with Crippen LogP contribution < -0.4 is 20.3 Å². The highest BCUT2D eigenvalue weighted by Crippen LogP contribution is 2.30. The lowest BCUT2D eigenvalue weighted by atomic mass is 10.2. The highest BCUT2D eigenvalue weighted by Gasteiger charge is 2.25. The molecule has 3 rings (SSSR count). The van der Waals surface area contributed by atoms with Gasteiger partial charge in [0, 0.05) is 51.9 Å². The van der Waals surface area contributed by atoms with E-state index in [1.54, 1.807) is 7.11 Å². The first-order valence-corrected chi connectivity index (χ1v) is 11.4. The molecule has 3 unspecified atom stereocenters. The largest absolute Gasteiger partial charge is 0.495 e. The Morgan fingerprint density at radius 3 is 2.70 bits per heavy atom. The summed E-state index contributed by atoms with van der Waals surface area (Å²) in [6, 6.07) is 8.63. The number of nitrogens with one attached hydrogen (secondary N) is 2. The summed E-state index contributed by atoms with van der Waals surface area (Å²) in [5, 5.41) is 7.03. The number of nitrogens with zero attached hydrogens (tertiary/aromatic N) is 3. The van der Waals surface area contributed by atoms with Gasteiger partial charge < -0.3 is 25.0 Å². The predicted molar refractivity (Wildman–Crippen MR) is 124 cm³/mol. The van der Waals surface area contributed by atoms with Gasteiger partial charge in [-0.15, -0.1) is 0 Å². The number of methoxy groups -OCH3 is 1. The van der Waals surface area contributed by atoms with Gasteiger partial charge in [0.25, 0.3) is 0 Å². The maximum Gasteiger partial charge on any atom is 0.191 e. The molecule has 2 aliphatic rings. The third-order valence-corrected chi connectivity index (χ3v) is 5.70. The number of rotatable bonds is 8. The molecule has 7 heteroatoms. The van der Waals surface area contributed by atoms with Crippen molar-refractivity contribution >= 4 is 11.6 Å². The minimum Gasteiger partial charge on any atom is -0.495 e. The average molecular weight is 418 g/mol. The minimum absolute atomic E-state index is 0.324. The van der Waals surface area contributed by atoms with Gasteiger partial charge in [-0.1, -0.05) is 12.1 Å². The fourth-order valence-corrected chi connectivity index (χ4v) is 4.45. The topological polar surface area (TPSA) is 61.4 Å². The highest BCUT2D eigenvalue weighted by molar-refractivity contribution is 5.80. The maximum atomic E-state index is 5.82. The van der Waals surface area contributed by atoms with E-state index >= 15 is 0 Å². The number of benzene rings is 1. The van der Waals surface area contributed by atoms with E-state index in [0.717, 1.165) is 70.4 Å². The van der Waals surface area contributed by atoms with Crippen molar-refractivity contribution in [3.63, 3.8) is 0 Å². The number of guanidine groups is 1. The molecule has 3 atom stereocenters. The Morgan fingerprint density at radius 1 is 1.20 bits per heavy atom. The number of aliphatic imine (C=N–C) groups is 1. The minimum atomic E-state index is 0.324. The molecular weight excluding hydrogens is 378 g/mol. The first kappa shape index (κ1) is 22.7. The van der Waals surface area contributed by atoms with Crippen LogP contribution in [-0.4, -0.2) is 82.0 Å². The molecule has 0 aliphatic carbocycles. The van der Waals surface area contributed by atoms with Crippen molar-refractivity contribution in [2.24, 2.45) is 4.99 Å². The lowest BCUT2D eigenvalue weighted by Gasteiger charge is -2.35. The third kappa shape index (κ3) is 6.51. The Labute approximate surface area is 181 Å². The first-order chi connectivity index (χ1) is 14.6. The molecule has 0 amide bonds. The normalized spacial score (nSPS) is 25.4. The van der Waals surface area contributed by atoms with Gasteiger partial charge in [-0.3, -0.25) is 9.89 Å². The van der Waals surface area contributed by atoms with Gasteiger partial charge >= 0.3 is 0 Å². The van der Waals surface area contributed by atoms with E-state index in [1.165, 1.54) is 5.69 Å². The summed E-state index contributed by atoms with van der Waals surface area (Å²) in [5.41, 5.74) is 1.17. The number of para-hydroxylation sites is 2. The summed E-state index contributed by atoms with van der Waals surface area (Å²) in [4.78, 5) is 9.71. The van der Waals surface area contributed by atoms with Gasteiger partial charge in [0.05, 0.1) is 25.0 Å². The highest BCUT2D eigenvalue weighted by atomic mass is 16.5. The number of hydrogen-bond donors (Lipinski definition) is 2. The number of hydrogen-bond acceptors (Lipinski definition) is 5. The number of anilines is 1. The SMILES string of the molecule is CCNC(=NCCCN1CC(C)OC(C)C1)NC1CCN(c2ccccc2OC)C1. The average Bonchev–Trinajstić information content (AvgIpc) is 3.19. The smallest absolute Gasteiger partial charge is 0.191 e. The number of morpholine rings is 1. The Hall–Kier alpha value is -1.99. The molecule has 2 heterocycles. The summed E-state index contributed by atoms with van der Waals surface area (Å²) in [6.45, 7) is 13.2. The Morgan fingerprint density at radius 2 is 1.97 bits per heavy atom. The molecule has 2 N–H and O–H groups in total. The Kier molecular flexibility index (Phi) is 8.63. The van der Waals surface area contributed by atoms with Crippen molar-refractivity contribution in [2.45, 2.75) is 51.9 Å². The molecule has 7 nitrogen and oxygen atoms in total. The lowest BCUT2D eigenvalue weighted by molar-refractivity contribution is -0.0679. The molecule has 0 bridgehead atoms. The van der Waals surface area contributed by atoms with E-state index in [0.29, 0.717) is 18.2 Å². The zero-order valence-electron chi connectivity index (χ0n) is 19.1. The quantitative estimate of drug-likeness (QED) is 0.385. The van der Waals surface area contributed by atoms with Crippen molar-refractivity contribution in [3.8, 4) is 5.75 Å². The van der Waals surface area contributed by atoms with E-state index in [4.69, 9.17) is 14.5 Å². The van der Waals surface area contributed by atoms with Gasteiger partial charge in [0.1, 0.15) is 5.75 Å². The van der Waals surface area contributed by atoms with E-state index in [9.17, 15) is 0 Å². The summed E-state index contributed by atoms with van der Waals surface area (Å²) in [7, 11) is 1.73. The molecule has 1 aromatic rings. The molecule has 1 aromatic carbocycles. The van der Waals surface area contributed by atoms with Gasteiger partial charge in [-0.2, -0.15) is 0 Å². The van der Waals surface area contributed by atoms with Crippen LogP contribution in [0.1, 0.15) is 33.6 Å². The molecule has 0 spiro atoms. The van der Waals surface area contributed by atoms with Crippen LogP contribution in [0.15, 0.2) is 29.3 Å². The molecule has 0 radical (unpaired) electrons.